The molecular weight excluding hydrogens is 349 g/mol. The molecule has 142 valence electrons. The van der Waals surface area contributed by atoms with Gasteiger partial charge in [0.2, 0.25) is 5.91 Å². The van der Waals surface area contributed by atoms with Crippen LogP contribution in [0.1, 0.15) is 46.7 Å². The van der Waals surface area contributed by atoms with E-state index in [0.29, 0.717) is 25.1 Å². The predicted molar refractivity (Wildman–Crippen MR) is 98.3 cm³/mol. The van der Waals surface area contributed by atoms with Crippen LogP contribution < -0.4 is 0 Å². The Morgan fingerprint density at radius 3 is 2.70 bits per heavy atom. The molecule has 0 bridgehead atoms. The zero-order valence-electron chi connectivity index (χ0n) is 14.9. The molecule has 27 heavy (non-hydrogen) atoms. The maximum absolute atomic E-state index is 13.3. The van der Waals surface area contributed by atoms with Gasteiger partial charge in [-0.05, 0) is 48.6 Å². The lowest BCUT2D eigenvalue weighted by molar-refractivity contribution is -0.132. The number of aryl methyl sites for hydroxylation is 1. The van der Waals surface area contributed by atoms with Crippen LogP contribution in [0.5, 0.6) is 5.75 Å². The Hall–Kier alpha value is -2.89. The number of aromatic hydroxyl groups is 1. The number of benzene rings is 2. The van der Waals surface area contributed by atoms with Gasteiger partial charge in [-0.15, -0.1) is 0 Å². The van der Waals surface area contributed by atoms with Gasteiger partial charge in [0.15, 0.2) is 11.6 Å². The molecule has 3 rings (SSSR count). The van der Waals surface area contributed by atoms with Crippen molar-refractivity contribution in [2.45, 2.75) is 31.6 Å². The van der Waals surface area contributed by atoms with Gasteiger partial charge in [-0.2, -0.15) is 0 Å². The standard InChI is InChI=1S/C21H22FNO4/c22-18-9-7-15(12-19(18)24)16-5-3-11-23(13-16)20(25)10-8-14-4-1-2-6-17(14)21(26)27/h1-2,4,6-7,9,12,16,24H,3,5,8,10-11,13H2,(H,26,27). The van der Waals surface area contributed by atoms with Crippen LogP contribution in [0.25, 0.3) is 0 Å². The van der Waals surface area contributed by atoms with E-state index < -0.39 is 11.8 Å². The van der Waals surface area contributed by atoms with E-state index in [1.54, 1.807) is 35.2 Å². The van der Waals surface area contributed by atoms with Crippen molar-refractivity contribution < 1.29 is 24.2 Å². The molecular formula is C21H22FNO4. The summed E-state index contributed by atoms with van der Waals surface area (Å²) in [7, 11) is 0. The third kappa shape index (κ3) is 4.45. The van der Waals surface area contributed by atoms with Gasteiger partial charge in [-0.1, -0.05) is 24.3 Å². The normalized spacial score (nSPS) is 16.9. The number of likely N-dealkylation sites (tertiary alicyclic amines) is 1. The Bertz CT molecular complexity index is 852. The number of hydrogen-bond acceptors (Lipinski definition) is 3. The molecule has 0 saturated carbocycles. The molecule has 0 radical (unpaired) electrons. The number of halogens is 1. The van der Waals surface area contributed by atoms with Crippen LogP contribution in [0.3, 0.4) is 0 Å². The molecule has 2 N–H and O–H groups in total. The van der Waals surface area contributed by atoms with Gasteiger partial charge in [0.25, 0.3) is 0 Å². The number of rotatable bonds is 5. The first kappa shape index (κ1) is 18.9. The molecule has 1 aliphatic heterocycles. The summed E-state index contributed by atoms with van der Waals surface area (Å²) in [5.74, 6) is -1.99. The monoisotopic (exact) mass is 371 g/mol. The maximum atomic E-state index is 13.3. The van der Waals surface area contributed by atoms with Gasteiger partial charge in [-0.3, -0.25) is 4.79 Å². The van der Waals surface area contributed by atoms with Crippen LogP contribution in [0.15, 0.2) is 42.5 Å². The minimum absolute atomic E-state index is 0.0220. The number of piperidine rings is 1. The second-order valence-corrected chi connectivity index (χ2v) is 6.85. The number of phenols is 1. The van der Waals surface area contributed by atoms with Crippen LogP contribution in [0.4, 0.5) is 4.39 Å². The van der Waals surface area contributed by atoms with Crippen LogP contribution in [-0.2, 0) is 11.2 Å². The zero-order chi connectivity index (χ0) is 19.4. The smallest absolute Gasteiger partial charge is 0.335 e. The lowest BCUT2D eigenvalue weighted by Gasteiger charge is -2.33. The first-order valence-corrected chi connectivity index (χ1v) is 9.03. The summed E-state index contributed by atoms with van der Waals surface area (Å²) in [4.78, 5) is 25.7. The van der Waals surface area contributed by atoms with E-state index in [9.17, 15) is 24.2 Å². The minimum Gasteiger partial charge on any atom is -0.505 e. The fourth-order valence-corrected chi connectivity index (χ4v) is 3.61. The molecule has 2 aromatic rings. The summed E-state index contributed by atoms with van der Waals surface area (Å²) in [5, 5.41) is 18.8. The number of carboxylic acid groups (broad SMARTS) is 1. The summed E-state index contributed by atoms with van der Waals surface area (Å²) in [6, 6.07) is 11.0. The van der Waals surface area contributed by atoms with Crippen molar-refractivity contribution in [3.63, 3.8) is 0 Å². The van der Waals surface area contributed by atoms with Crippen molar-refractivity contribution in [2.75, 3.05) is 13.1 Å². The van der Waals surface area contributed by atoms with Crippen molar-refractivity contribution in [1.29, 1.82) is 0 Å². The van der Waals surface area contributed by atoms with Crippen molar-refractivity contribution in [3.8, 4) is 5.75 Å². The van der Waals surface area contributed by atoms with Crippen molar-refractivity contribution in [3.05, 3.63) is 65.0 Å². The molecule has 6 heteroatoms. The number of carbonyl (C=O) groups is 2. The average molecular weight is 371 g/mol. The Morgan fingerprint density at radius 2 is 1.96 bits per heavy atom. The molecule has 1 saturated heterocycles. The molecule has 1 unspecified atom stereocenters. The molecule has 1 heterocycles. The Balaban J connectivity index is 1.63. The second-order valence-electron chi connectivity index (χ2n) is 6.85. The SMILES string of the molecule is O=C(O)c1ccccc1CCC(=O)N1CCCC(c2ccc(F)c(O)c2)C1. The molecule has 0 aromatic heterocycles. The highest BCUT2D eigenvalue weighted by Crippen LogP contribution is 2.30. The number of hydrogen-bond donors (Lipinski definition) is 2. The Labute approximate surface area is 157 Å². The van der Waals surface area contributed by atoms with E-state index in [0.717, 1.165) is 18.4 Å². The van der Waals surface area contributed by atoms with Crippen LogP contribution in [0.2, 0.25) is 0 Å². The number of amides is 1. The second kappa shape index (κ2) is 8.20. The van der Waals surface area contributed by atoms with Gasteiger partial charge in [0, 0.05) is 25.4 Å². The maximum Gasteiger partial charge on any atom is 0.335 e. The quantitative estimate of drug-likeness (QED) is 0.842. The van der Waals surface area contributed by atoms with E-state index in [1.807, 2.05) is 0 Å². The predicted octanol–water partition coefficient (Wildman–Crippen LogP) is 3.57. The van der Waals surface area contributed by atoms with Crippen LogP contribution >= 0.6 is 0 Å². The molecule has 1 atom stereocenters. The average Bonchev–Trinajstić information content (AvgIpc) is 2.68. The Morgan fingerprint density at radius 1 is 1.19 bits per heavy atom. The number of aromatic carboxylic acids is 1. The molecule has 0 aliphatic carbocycles. The molecule has 0 spiro atoms. The Kier molecular flexibility index (Phi) is 5.74. The third-order valence-electron chi connectivity index (χ3n) is 5.07. The molecule has 1 amide bonds. The number of nitrogens with zero attached hydrogens (tertiary/aromatic N) is 1. The summed E-state index contributed by atoms with van der Waals surface area (Å²) < 4.78 is 13.3. The van der Waals surface area contributed by atoms with Gasteiger partial charge in [-0.25, -0.2) is 9.18 Å². The molecule has 2 aromatic carbocycles. The lowest BCUT2D eigenvalue weighted by atomic mass is 9.90. The summed E-state index contributed by atoms with van der Waals surface area (Å²) in [6.45, 7) is 1.17. The molecule has 1 aliphatic rings. The van der Waals surface area contributed by atoms with E-state index in [2.05, 4.69) is 0 Å². The fourth-order valence-electron chi connectivity index (χ4n) is 3.61. The van der Waals surface area contributed by atoms with Gasteiger partial charge >= 0.3 is 5.97 Å². The summed E-state index contributed by atoms with van der Waals surface area (Å²) in [5.41, 5.74) is 1.70. The van der Waals surface area contributed by atoms with Crippen LogP contribution in [0, 0.1) is 5.82 Å². The van der Waals surface area contributed by atoms with Gasteiger partial charge in [0.1, 0.15) is 0 Å². The van der Waals surface area contributed by atoms with Gasteiger partial charge in [0.05, 0.1) is 5.56 Å². The number of phenolic OH excluding ortho intramolecular Hbond substituents is 1. The zero-order valence-corrected chi connectivity index (χ0v) is 14.9. The number of carboxylic acids is 1. The topological polar surface area (TPSA) is 77.8 Å². The molecule has 5 nitrogen and oxygen atoms in total. The summed E-state index contributed by atoms with van der Waals surface area (Å²) >= 11 is 0. The van der Waals surface area contributed by atoms with E-state index in [-0.39, 0.29) is 29.6 Å². The lowest BCUT2D eigenvalue weighted by Crippen LogP contribution is -2.39. The highest BCUT2D eigenvalue weighted by Gasteiger charge is 2.25. The summed E-state index contributed by atoms with van der Waals surface area (Å²) in [6.07, 6.45) is 2.32. The first-order chi connectivity index (χ1) is 13.0. The van der Waals surface area contributed by atoms with E-state index in [4.69, 9.17) is 0 Å². The first-order valence-electron chi connectivity index (χ1n) is 9.03. The molecule has 1 fully saturated rings. The van der Waals surface area contributed by atoms with Crippen LogP contribution in [-0.4, -0.2) is 40.1 Å². The number of carbonyl (C=O) groups excluding carboxylic acids is 1. The third-order valence-corrected chi connectivity index (χ3v) is 5.07. The fraction of sp³-hybridized carbons (Fsp3) is 0.333. The van der Waals surface area contributed by atoms with Crippen molar-refractivity contribution >= 4 is 11.9 Å². The van der Waals surface area contributed by atoms with Crippen molar-refractivity contribution in [2.24, 2.45) is 0 Å². The minimum atomic E-state index is -0.993. The highest BCUT2D eigenvalue weighted by molar-refractivity contribution is 5.89. The van der Waals surface area contributed by atoms with E-state index in [1.165, 1.54) is 12.1 Å². The highest BCUT2D eigenvalue weighted by atomic mass is 19.1. The van der Waals surface area contributed by atoms with Gasteiger partial charge < -0.3 is 15.1 Å². The van der Waals surface area contributed by atoms with E-state index >= 15 is 0 Å². The largest absolute Gasteiger partial charge is 0.505 e. The van der Waals surface area contributed by atoms with Crippen molar-refractivity contribution in [1.82, 2.24) is 4.90 Å².